The van der Waals surface area contributed by atoms with Gasteiger partial charge in [0, 0.05) is 45.8 Å². The monoisotopic (exact) mass is 393 g/mol. The van der Waals surface area contributed by atoms with Crippen LogP contribution < -0.4 is 10.6 Å². The van der Waals surface area contributed by atoms with Crippen molar-refractivity contribution in [2.75, 3.05) is 58.9 Å². The van der Waals surface area contributed by atoms with E-state index in [0.29, 0.717) is 32.1 Å². The summed E-state index contributed by atoms with van der Waals surface area (Å²) in [6.07, 6.45) is 6.39. The van der Waals surface area contributed by atoms with Crippen molar-refractivity contribution in [1.29, 1.82) is 0 Å². The summed E-state index contributed by atoms with van der Waals surface area (Å²) < 4.78 is 0. The molecule has 1 aliphatic carbocycles. The normalized spacial score (nSPS) is 19.6. The van der Waals surface area contributed by atoms with E-state index < -0.39 is 0 Å². The van der Waals surface area contributed by atoms with Crippen LogP contribution in [0.2, 0.25) is 0 Å². The standard InChI is InChI=1S/C21H39N5O2/c1-4-11-23-21(28)26-16-14-25(15-17-26)19(18-9-7-8-10-18)20(27)22-12-13-24(5-2)6-3/h4,18-19H,1,5-17H2,2-3H3,(H,22,27)(H,23,28). The molecule has 1 saturated carbocycles. The summed E-state index contributed by atoms with van der Waals surface area (Å²) in [7, 11) is 0. The fraction of sp³-hybridized carbons (Fsp3) is 0.810. The zero-order valence-electron chi connectivity index (χ0n) is 17.8. The number of carbonyl (C=O) groups excluding carboxylic acids is 2. The molecule has 7 nitrogen and oxygen atoms in total. The lowest BCUT2D eigenvalue weighted by atomic mass is 9.95. The highest BCUT2D eigenvalue weighted by molar-refractivity contribution is 5.82. The van der Waals surface area contributed by atoms with E-state index >= 15 is 0 Å². The van der Waals surface area contributed by atoms with Gasteiger partial charge in [0.05, 0.1) is 6.04 Å². The number of urea groups is 1. The number of rotatable bonds is 10. The maximum Gasteiger partial charge on any atom is 0.317 e. The molecule has 2 N–H and O–H groups in total. The van der Waals surface area contributed by atoms with E-state index in [1.807, 2.05) is 4.90 Å². The van der Waals surface area contributed by atoms with Crippen LogP contribution in [0.1, 0.15) is 39.5 Å². The van der Waals surface area contributed by atoms with Crippen LogP contribution in [0.15, 0.2) is 12.7 Å². The van der Waals surface area contributed by atoms with Crippen LogP contribution in [0.25, 0.3) is 0 Å². The van der Waals surface area contributed by atoms with Crippen molar-refractivity contribution in [3.63, 3.8) is 0 Å². The zero-order chi connectivity index (χ0) is 20.4. The summed E-state index contributed by atoms with van der Waals surface area (Å²) in [5, 5.41) is 6.03. The second kappa shape index (κ2) is 12.1. The van der Waals surface area contributed by atoms with Gasteiger partial charge in [-0.3, -0.25) is 9.69 Å². The van der Waals surface area contributed by atoms with Crippen LogP contribution in [0, 0.1) is 5.92 Å². The van der Waals surface area contributed by atoms with Gasteiger partial charge in [0.2, 0.25) is 5.91 Å². The number of carbonyl (C=O) groups is 2. The molecule has 0 radical (unpaired) electrons. The van der Waals surface area contributed by atoms with Crippen LogP contribution in [0.4, 0.5) is 4.79 Å². The first-order valence-electron chi connectivity index (χ1n) is 11.0. The largest absolute Gasteiger partial charge is 0.353 e. The number of piperazine rings is 1. The molecule has 0 aromatic carbocycles. The summed E-state index contributed by atoms with van der Waals surface area (Å²) in [5.41, 5.74) is 0. The number of hydrogen-bond donors (Lipinski definition) is 2. The van der Waals surface area contributed by atoms with Crippen LogP contribution in [0.5, 0.6) is 0 Å². The Morgan fingerprint density at radius 3 is 2.32 bits per heavy atom. The molecule has 28 heavy (non-hydrogen) atoms. The smallest absolute Gasteiger partial charge is 0.317 e. The van der Waals surface area contributed by atoms with Crippen LogP contribution in [0.3, 0.4) is 0 Å². The maximum absolute atomic E-state index is 13.1. The molecule has 2 fully saturated rings. The predicted molar refractivity (Wildman–Crippen MR) is 113 cm³/mol. The average molecular weight is 394 g/mol. The Kier molecular flexibility index (Phi) is 9.78. The highest BCUT2D eigenvalue weighted by Gasteiger charge is 2.37. The molecule has 160 valence electrons. The SMILES string of the molecule is C=CCNC(=O)N1CCN(C(C(=O)NCCN(CC)CC)C2CCCC2)CC1. The first kappa shape index (κ1) is 22.7. The third-order valence-corrected chi connectivity index (χ3v) is 6.13. The second-order valence-electron chi connectivity index (χ2n) is 7.81. The Labute approximate surface area is 170 Å². The Balaban J connectivity index is 1.89. The van der Waals surface area contributed by atoms with E-state index in [1.54, 1.807) is 6.08 Å². The van der Waals surface area contributed by atoms with Crippen molar-refractivity contribution in [3.05, 3.63) is 12.7 Å². The van der Waals surface area contributed by atoms with E-state index in [-0.39, 0.29) is 18.0 Å². The molecule has 0 bridgehead atoms. The molecular formula is C21H39N5O2. The molecule has 1 heterocycles. The van der Waals surface area contributed by atoms with E-state index in [9.17, 15) is 9.59 Å². The molecule has 2 rings (SSSR count). The number of nitrogens with zero attached hydrogens (tertiary/aromatic N) is 3. The highest BCUT2D eigenvalue weighted by Crippen LogP contribution is 2.31. The minimum atomic E-state index is -0.0578. The Bertz CT molecular complexity index is 495. The van der Waals surface area contributed by atoms with Gasteiger partial charge in [-0.15, -0.1) is 6.58 Å². The van der Waals surface area contributed by atoms with E-state index in [0.717, 1.165) is 45.6 Å². The lowest BCUT2D eigenvalue weighted by Crippen LogP contribution is -2.59. The minimum Gasteiger partial charge on any atom is -0.353 e. The molecule has 1 unspecified atom stereocenters. The van der Waals surface area contributed by atoms with Crippen molar-refractivity contribution < 1.29 is 9.59 Å². The number of nitrogens with one attached hydrogen (secondary N) is 2. The van der Waals surface area contributed by atoms with Crippen molar-refractivity contribution in [2.24, 2.45) is 5.92 Å². The summed E-state index contributed by atoms with van der Waals surface area (Å²) in [6.45, 7) is 14.9. The van der Waals surface area contributed by atoms with Gasteiger partial charge in [-0.1, -0.05) is 32.8 Å². The number of hydrogen-bond acceptors (Lipinski definition) is 4. The lowest BCUT2D eigenvalue weighted by molar-refractivity contribution is -0.129. The maximum atomic E-state index is 13.1. The topological polar surface area (TPSA) is 67.9 Å². The molecule has 2 aliphatic rings. The number of likely N-dealkylation sites (N-methyl/N-ethyl adjacent to an activating group) is 1. The zero-order valence-corrected chi connectivity index (χ0v) is 17.8. The van der Waals surface area contributed by atoms with Crippen LogP contribution in [-0.4, -0.2) is 91.6 Å². The van der Waals surface area contributed by atoms with Gasteiger partial charge in [0.25, 0.3) is 0 Å². The molecule has 1 aliphatic heterocycles. The summed E-state index contributed by atoms with van der Waals surface area (Å²) in [6, 6.07) is -0.0989. The van der Waals surface area contributed by atoms with Crippen molar-refractivity contribution >= 4 is 11.9 Å². The first-order valence-corrected chi connectivity index (χ1v) is 11.0. The van der Waals surface area contributed by atoms with Gasteiger partial charge in [0.15, 0.2) is 0 Å². The summed E-state index contributed by atoms with van der Waals surface area (Å²) in [4.78, 5) is 31.7. The fourth-order valence-corrected chi connectivity index (χ4v) is 4.41. The fourth-order valence-electron chi connectivity index (χ4n) is 4.41. The van der Waals surface area contributed by atoms with Gasteiger partial charge in [0.1, 0.15) is 0 Å². The molecule has 0 aromatic heterocycles. The van der Waals surface area contributed by atoms with E-state index in [4.69, 9.17) is 0 Å². The van der Waals surface area contributed by atoms with E-state index in [1.165, 1.54) is 12.8 Å². The Hall–Kier alpha value is -1.60. The van der Waals surface area contributed by atoms with Crippen molar-refractivity contribution in [2.45, 2.75) is 45.6 Å². The van der Waals surface area contributed by atoms with Gasteiger partial charge in [-0.05, 0) is 31.8 Å². The van der Waals surface area contributed by atoms with Gasteiger partial charge >= 0.3 is 6.03 Å². The van der Waals surface area contributed by atoms with Crippen molar-refractivity contribution in [1.82, 2.24) is 25.3 Å². The summed E-state index contributed by atoms with van der Waals surface area (Å²) >= 11 is 0. The predicted octanol–water partition coefficient (Wildman–Crippen LogP) is 1.52. The summed E-state index contributed by atoms with van der Waals surface area (Å²) in [5.74, 6) is 0.609. The molecule has 0 spiro atoms. The Morgan fingerprint density at radius 2 is 1.75 bits per heavy atom. The third-order valence-electron chi connectivity index (χ3n) is 6.13. The first-order chi connectivity index (χ1) is 13.6. The van der Waals surface area contributed by atoms with Crippen LogP contribution >= 0.6 is 0 Å². The molecule has 1 atom stereocenters. The minimum absolute atomic E-state index is 0.0411. The van der Waals surface area contributed by atoms with E-state index in [2.05, 4.69) is 40.9 Å². The molecular weight excluding hydrogens is 354 g/mol. The third kappa shape index (κ3) is 6.48. The average Bonchev–Trinajstić information content (AvgIpc) is 3.24. The van der Waals surface area contributed by atoms with Gasteiger partial charge < -0.3 is 20.4 Å². The Morgan fingerprint density at radius 1 is 1.11 bits per heavy atom. The lowest BCUT2D eigenvalue weighted by Gasteiger charge is -2.40. The molecule has 7 heteroatoms. The molecule has 1 saturated heterocycles. The van der Waals surface area contributed by atoms with Crippen LogP contribution in [-0.2, 0) is 4.79 Å². The quantitative estimate of drug-likeness (QED) is 0.552. The van der Waals surface area contributed by atoms with Gasteiger partial charge in [-0.25, -0.2) is 4.79 Å². The molecule has 0 aromatic rings. The highest BCUT2D eigenvalue weighted by atomic mass is 16.2. The van der Waals surface area contributed by atoms with Crippen molar-refractivity contribution in [3.8, 4) is 0 Å². The van der Waals surface area contributed by atoms with Gasteiger partial charge in [-0.2, -0.15) is 0 Å². The second-order valence-corrected chi connectivity index (χ2v) is 7.81. The molecule has 3 amide bonds. The number of amides is 3.